The van der Waals surface area contributed by atoms with Gasteiger partial charge in [-0.1, -0.05) is 92.8 Å². The van der Waals surface area contributed by atoms with Gasteiger partial charge in [0.1, 0.15) is 18.2 Å². The Balaban J connectivity index is 1.89. The lowest BCUT2D eigenvalue weighted by atomic mass is 10.0. The van der Waals surface area contributed by atoms with Gasteiger partial charge in [-0.3, -0.25) is 9.59 Å². The second-order valence-electron chi connectivity index (χ2n) is 11.2. The topological polar surface area (TPSA) is 87.7 Å². The minimum atomic E-state index is -0.870. The zero-order valence-corrected chi connectivity index (χ0v) is 24.5. The van der Waals surface area contributed by atoms with E-state index in [-0.39, 0.29) is 18.4 Å². The van der Waals surface area contributed by atoms with Crippen LogP contribution in [0.15, 0.2) is 66.7 Å². The third kappa shape index (κ3) is 9.40. The van der Waals surface area contributed by atoms with Crippen molar-refractivity contribution in [1.82, 2.24) is 10.2 Å². The fourth-order valence-electron chi connectivity index (χ4n) is 4.64. The molecule has 0 heterocycles. The lowest BCUT2D eigenvalue weighted by Crippen LogP contribution is -2.47. The summed E-state index contributed by atoms with van der Waals surface area (Å²) in [6.45, 7) is 9.54. The Hall–Kier alpha value is -3.87. The second-order valence-corrected chi connectivity index (χ2v) is 11.2. The maximum atomic E-state index is 14.0. The van der Waals surface area contributed by atoms with Crippen LogP contribution in [0.3, 0.4) is 0 Å². The molecule has 2 N–H and O–H groups in total. The molecule has 7 heteroatoms. The summed E-state index contributed by atoms with van der Waals surface area (Å²) in [5.41, 5.74) is 1.68. The van der Waals surface area contributed by atoms with Crippen molar-refractivity contribution in [3.8, 4) is 0 Å². The Morgan fingerprint density at radius 1 is 0.875 bits per heavy atom. The van der Waals surface area contributed by atoms with Crippen molar-refractivity contribution in [1.29, 1.82) is 0 Å². The van der Waals surface area contributed by atoms with Crippen molar-refractivity contribution < 1.29 is 19.1 Å². The average molecular weight is 546 g/mol. The van der Waals surface area contributed by atoms with E-state index in [1.165, 1.54) is 0 Å². The van der Waals surface area contributed by atoms with Crippen LogP contribution in [-0.4, -0.2) is 41.5 Å². The number of nitrogens with zero attached hydrogens (tertiary/aromatic N) is 1. The van der Waals surface area contributed by atoms with Crippen molar-refractivity contribution in [2.75, 3.05) is 18.4 Å². The Labute approximate surface area is 238 Å². The number of alkyl carbamates (subject to hydrolysis) is 1. The monoisotopic (exact) mass is 545 g/mol. The van der Waals surface area contributed by atoms with Gasteiger partial charge in [-0.25, -0.2) is 4.79 Å². The number of benzene rings is 3. The van der Waals surface area contributed by atoms with E-state index in [1.54, 1.807) is 25.7 Å². The molecule has 0 saturated heterocycles. The maximum absolute atomic E-state index is 14.0. The largest absolute Gasteiger partial charge is 0.444 e. The first kappa shape index (κ1) is 30.7. The van der Waals surface area contributed by atoms with Gasteiger partial charge in [-0.15, -0.1) is 0 Å². The number of carbonyl (C=O) groups is 3. The Kier molecular flexibility index (Phi) is 11.1. The normalized spacial score (nSPS) is 12.0. The quantitative estimate of drug-likeness (QED) is 0.237. The number of hydrogen-bond acceptors (Lipinski definition) is 4. The van der Waals surface area contributed by atoms with Crippen molar-refractivity contribution >= 4 is 34.4 Å². The summed E-state index contributed by atoms with van der Waals surface area (Å²) < 4.78 is 5.32. The number of ether oxygens (including phenoxy) is 1. The molecule has 0 saturated carbocycles. The highest BCUT2D eigenvalue weighted by molar-refractivity contribution is 6.00. The van der Waals surface area contributed by atoms with Crippen LogP contribution in [0.4, 0.5) is 10.5 Å². The van der Waals surface area contributed by atoms with E-state index in [4.69, 9.17) is 4.74 Å². The number of aryl methyl sites for hydroxylation is 1. The van der Waals surface area contributed by atoms with Crippen LogP contribution >= 0.6 is 0 Å². The first-order chi connectivity index (χ1) is 19.1. The predicted molar refractivity (Wildman–Crippen MR) is 161 cm³/mol. The lowest BCUT2D eigenvalue weighted by Gasteiger charge is -2.32. The van der Waals surface area contributed by atoms with Gasteiger partial charge in [0.25, 0.3) is 5.91 Å². The lowest BCUT2D eigenvalue weighted by molar-refractivity contribution is -0.138. The molecule has 0 aromatic heterocycles. The van der Waals surface area contributed by atoms with E-state index in [0.29, 0.717) is 12.2 Å². The number of fused-ring (bicyclic) bond motifs is 1. The van der Waals surface area contributed by atoms with Crippen LogP contribution in [0, 0.1) is 6.92 Å². The van der Waals surface area contributed by atoms with Crippen LogP contribution in [0.5, 0.6) is 0 Å². The molecular formula is C33H43N3O4. The fraction of sp³-hybridized carbons (Fsp3) is 0.424. The third-order valence-corrected chi connectivity index (χ3v) is 6.54. The molecule has 0 aliphatic rings. The summed E-state index contributed by atoms with van der Waals surface area (Å²) in [4.78, 5) is 41.5. The molecule has 7 nitrogen and oxygen atoms in total. The minimum Gasteiger partial charge on any atom is -0.444 e. The van der Waals surface area contributed by atoms with Gasteiger partial charge >= 0.3 is 6.09 Å². The summed E-state index contributed by atoms with van der Waals surface area (Å²) in [6, 6.07) is 20.5. The van der Waals surface area contributed by atoms with Crippen molar-refractivity contribution in [3.05, 3.63) is 77.9 Å². The molecule has 3 rings (SSSR count). The molecule has 3 amide bonds. The van der Waals surface area contributed by atoms with E-state index < -0.39 is 17.7 Å². The van der Waals surface area contributed by atoms with Crippen LogP contribution in [0.25, 0.3) is 10.8 Å². The molecule has 0 aliphatic carbocycles. The van der Waals surface area contributed by atoms with E-state index in [0.717, 1.165) is 54.0 Å². The van der Waals surface area contributed by atoms with E-state index >= 15 is 0 Å². The highest BCUT2D eigenvalue weighted by Gasteiger charge is 2.32. The standard InChI is InChI=1S/C33H43N3O4/c1-6-7-8-9-12-20-36(29(37)23-34-32(39)40-33(3,4)5)30(27-17-13-14-24(2)21-27)31(38)35-28-19-18-25-15-10-11-16-26(25)22-28/h10-11,13-19,21-22,30H,6-9,12,20,23H2,1-5H3,(H,34,39)(H,35,38). The van der Waals surface area contributed by atoms with Crippen molar-refractivity contribution in [3.63, 3.8) is 0 Å². The number of anilines is 1. The number of amides is 3. The smallest absolute Gasteiger partial charge is 0.408 e. The molecule has 0 spiro atoms. The summed E-state index contributed by atoms with van der Waals surface area (Å²) >= 11 is 0. The highest BCUT2D eigenvalue weighted by atomic mass is 16.6. The number of nitrogens with one attached hydrogen (secondary N) is 2. The summed E-state index contributed by atoms with van der Waals surface area (Å²) in [7, 11) is 0. The molecule has 0 fully saturated rings. The highest BCUT2D eigenvalue weighted by Crippen LogP contribution is 2.26. The summed E-state index contributed by atoms with van der Waals surface area (Å²) in [5.74, 6) is -0.651. The van der Waals surface area contributed by atoms with Gasteiger partial charge in [-0.2, -0.15) is 0 Å². The zero-order chi connectivity index (χ0) is 29.1. The molecular weight excluding hydrogens is 502 g/mol. The van der Waals surface area contributed by atoms with Gasteiger partial charge in [0, 0.05) is 12.2 Å². The molecule has 40 heavy (non-hydrogen) atoms. The van der Waals surface area contributed by atoms with E-state index in [1.807, 2.05) is 73.7 Å². The number of hydrogen-bond donors (Lipinski definition) is 2. The van der Waals surface area contributed by atoms with Gasteiger partial charge in [0.05, 0.1) is 0 Å². The number of carbonyl (C=O) groups excluding carboxylic acids is 3. The van der Waals surface area contributed by atoms with Gasteiger partial charge in [-0.05, 0) is 62.6 Å². The van der Waals surface area contributed by atoms with E-state index in [9.17, 15) is 14.4 Å². The van der Waals surface area contributed by atoms with Crippen LogP contribution in [0.1, 0.15) is 77.0 Å². The molecule has 1 atom stereocenters. The third-order valence-electron chi connectivity index (χ3n) is 6.54. The summed E-state index contributed by atoms with van der Waals surface area (Å²) in [5, 5.41) is 7.71. The first-order valence-electron chi connectivity index (χ1n) is 14.2. The Morgan fingerprint density at radius 2 is 1.60 bits per heavy atom. The van der Waals surface area contributed by atoms with E-state index in [2.05, 4.69) is 17.6 Å². The second kappa shape index (κ2) is 14.5. The Bertz CT molecular complexity index is 1300. The molecule has 214 valence electrons. The zero-order valence-electron chi connectivity index (χ0n) is 24.5. The van der Waals surface area contributed by atoms with Crippen LogP contribution in [0.2, 0.25) is 0 Å². The number of rotatable bonds is 12. The molecule has 3 aromatic rings. The van der Waals surface area contributed by atoms with Crippen LogP contribution in [-0.2, 0) is 14.3 Å². The molecule has 0 radical (unpaired) electrons. The molecule has 0 aliphatic heterocycles. The van der Waals surface area contributed by atoms with Crippen molar-refractivity contribution in [2.45, 2.75) is 78.4 Å². The average Bonchev–Trinajstić information content (AvgIpc) is 2.90. The predicted octanol–water partition coefficient (Wildman–Crippen LogP) is 7.15. The maximum Gasteiger partial charge on any atom is 0.408 e. The van der Waals surface area contributed by atoms with Gasteiger partial charge in [0.15, 0.2) is 0 Å². The Morgan fingerprint density at radius 3 is 2.30 bits per heavy atom. The summed E-state index contributed by atoms with van der Waals surface area (Å²) in [6.07, 6.45) is 4.33. The van der Waals surface area contributed by atoms with Crippen molar-refractivity contribution in [2.24, 2.45) is 0 Å². The van der Waals surface area contributed by atoms with Gasteiger partial charge < -0.3 is 20.3 Å². The first-order valence-corrected chi connectivity index (χ1v) is 14.2. The molecule has 1 unspecified atom stereocenters. The number of unbranched alkanes of at least 4 members (excludes halogenated alkanes) is 4. The SMILES string of the molecule is CCCCCCCN(C(=O)CNC(=O)OC(C)(C)C)C(C(=O)Nc1ccc2ccccc2c1)c1cccc(C)c1. The molecule has 0 bridgehead atoms. The fourth-order valence-corrected chi connectivity index (χ4v) is 4.64. The minimum absolute atomic E-state index is 0.268. The van der Waals surface area contributed by atoms with Crippen LogP contribution < -0.4 is 10.6 Å². The van der Waals surface area contributed by atoms with Gasteiger partial charge in [0.2, 0.25) is 5.91 Å². The molecule has 3 aromatic carbocycles.